The van der Waals surface area contributed by atoms with Crippen LogP contribution in [-0.2, 0) is 14.4 Å². The Hall–Kier alpha value is 0.347. The molecule has 32 heavy (non-hydrogen) atoms. The number of rotatable bonds is 23. The zero-order chi connectivity index (χ0) is 23.4. The lowest BCUT2D eigenvalue weighted by Gasteiger charge is -2.38. The Morgan fingerprint density at radius 1 is 0.688 bits per heavy atom. The fourth-order valence-electron chi connectivity index (χ4n) is 4.56. The maximum Gasteiger partial charge on any atom is 0.308 e. The highest BCUT2D eigenvalue weighted by Gasteiger charge is 2.37. The number of hydrogen-bond acceptors (Lipinski definition) is 3. The van der Waals surface area contributed by atoms with Gasteiger partial charge in [-0.15, -0.1) is 4.48 Å². The van der Waals surface area contributed by atoms with E-state index in [-0.39, 0.29) is 28.5 Å². The van der Waals surface area contributed by atoms with Crippen molar-refractivity contribution in [1.82, 2.24) is 0 Å². The summed E-state index contributed by atoms with van der Waals surface area (Å²) >= 11 is 0. The van der Waals surface area contributed by atoms with Gasteiger partial charge in [0.15, 0.2) is 0 Å². The second-order valence-electron chi connectivity index (χ2n) is 10.0. The molecular weight excluding hydrogens is 438 g/mol. The van der Waals surface area contributed by atoms with Crippen molar-refractivity contribution in [2.45, 2.75) is 148 Å². The van der Waals surface area contributed by atoms with E-state index in [1.165, 1.54) is 103 Å². The van der Waals surface area contributed by atoms with Gasteiger partial charge in [0.25, 0.3) is 0 Å². The number of ether oxygens (including phenoxy) is 1. The van der Waals surface area contributed by atoms with Gasteiger partial charge in [0.05, 0.1) is 19.8 Å². The van der Waals surface area contributed by atoms with E-state index in [2.05, 4.69) is 20.8 Å². The molecule has 6 heteroatoms. The normalized spacial score (nSPS) is 14.8. The van der Waals surface area contributed by atoms with E-state index in [4.69, 9.17) is 14.4 Å². The van der Waals surface area contributed by atoms with Crippen LogP contribution in [-0.4, -0.2) is 47.9 Å². The second kappa shape index (κ2) is 21.9. The fourth-order valence-corrected chi connectivity index (χ4v) is 4.74. The summed E-state index contributed by atoms with van der Waals surface area (Å²) in [7, 11) is 6.10. The van der Waals surface area contributed by atoms with Gasteiger partial charge in [-0.25, -0.2) is 0 Å². The Morgan fingerprint density at radius 3 is 1.34 bits per heavy atom. The van der Waals surface area contributed by atoms with E-state index >= 15 is 0 Å². The maximum absolute atomic E-state index is 5.91. The first-order chi connectivity index (χ1) is 14.9. The molecule has 0 aliphatic heterocycles. The number of hydroxylamine groups is 2. The molecule has 0 aromatic carbocycles. The van der Waals surface area contributed by atoms with Crippen LogP contribution in [0.2, 0.25) is 0 Å². The molecule has 0 bridgehead atoms. The number of unbranched alkanes of at least 4 members (excludes halogenated alkanes) is 15. The molecule has 2 unspecified atom stereocenters. The van der Waals surface area contributed by atoms with Crippen molar-refractivity contribution in [3.8, 4) is 0 Å². The largest absolute Gasteiger partial charge is 1.00 e. The molecule has 0 fully saturated rings. The molecule has 0 heterocycles. The molecule has 0 rings (SSSR count). The highest BCUT2D eigenvalue weighted by atomic mass is 35.5. The van der Waals surface area contributed by atoms with Gasteiger partial charge in [-0.2, -0.15) is 9.68 Å². The molecule has 0 saturated carbocycles. The average molecular weight is 496 g/mol. The first-order valence-electron chi connectivity index (χ1n) is 13.4. The van der Waals surface area contributed by atoms with Crippen molar-refractivity contribution in [3.63, 3.8) is 0 Å². The minimum atomic E-state index is -0.0968. The lowest BCUT2D eigenvalue weighted by atomic mass is 9.91. The molecule has 0 spiro atoms. The van der Waals surface area contributed by atoms with Crippen molar-refractivity contribution in [1.29, 1.82) is 0 Å². The number of quaternary nitrogens is 1. The SMILES string of the molecule is CCCCCCCCCCCCCCCCCCC(C)(CC(C)[N+]([SiH3])(OC)OC)OC.[Cl-]. The van der Waals surface area contributed by atoms with E-state index in [9.17, 15) is 0 Å². The molecule has 0 aromatic rings. The van der Waals surface area contributed by atoms with Gasteiger partial charge in [-0.1, -0.05) is 110 Å². The first kappa shape index (κ1) is 34.5. The molecular formula is C26H58ClNO3Si. The topological polar surface area (TPSA) is 27.7 Å². The number of methoxy groups -OCH3 is 1. The summed E-state index contributed by atoms with van der Waals surface area (Å²) in [5.41, 5.74) is -0.0968. The van der Waals surface area contributed by atoms with Crippen molar-refractivity contribution in [3.05, 3.63) is 0 Å². The van der Waals surface area contributed by atoms with Crippen LogP contribution < -0.4 is 12.4 Å². The smallest absolute Gasteiger partial charge is 0.308 e. The van der Waals surface area contributed by atoms with Crippen LogP contribution in [0.4, 0.5) is 0 Å². The molecule has 0 N–H and O–H groups in total. The maximum atomic E-state index is 5.91. The predicted octanol–water partition coefficient (Wildman–Crippen LogP) is 4.05. The molecule has 0 aromatic heterocycles. The Morgan fingerprint density at radius 2 is 1.03 bits per heavy atom. The zero-order valence-electron chi connectivity index (χ0n) is 22.9. The number of halogens is 1. The third-order valence-electron chi connectivity index (χ3n) is 7.30. The lowest BCUT2D eigenvalue weighted by molar-refractivity contribution is -1.18. The van der Waals surface area contributed by atoms with Crippen LogP contribution in [0.25, 0.3) is 0 Å². The summed E-state index contributed by atoms with van der Waals surface area (Å²) in [5, 5.41) is 0. The predicted molar refractivity (Wildman–Crippen MR) is 138 cm³/mol. The monoisotopic (exact) mass is 495 g/mol. The summed E-state index contributed by atoms with van der Waals surface area (Å²) in [5.74, 6) is 0. The minimum Gasteiger partial charge on any atom is -1.00 e. The van der Waals surface area contributed by atoms with Crippen LogP contribution in [0, 0.1) is 0 Å². The summed E-state index contributed by atoms with van der Waals surface area (Å²) in [6.45, 7) is 6.73. The van der Waals surface area contributed by atoms with Gasteiger partial charge >= 0.3 is 10.4 Å². The Labute approximate surface area is 210 Å². The van der Waals surface area contributed by atoms with Crippen LogP contribution >= 0.6 is 0 Å². The fraction of sp³-hybridized carbons (Fsp3) is 1.00. The summed E-state index contributed by atoms with van der Waals surface area (Å²) < 4.78 is 6.20. The Bertz CT molecular complexity index is 399. The van der Waals surface area contributed by atoms with Gasteiger partial charge < -0.3 is 17.1 Å². The van der Waals surface area contributed by atoms with Gasteiger partial charge in [-0.05, 0) is 20.3 Å². The van der Waals surface area contributed by atoms with E-state index in [0.717, 1.165) is 23.2 Å². The molecule has 0 amide bonds. The molecule has 0 aliphatic rings. The zero-order valence-corrected chi connectivity index (χ0v) is 25.6. The van der Waals surface area contributed by atoms with Crippen LogP contribution in [0.1, 0.15) is 136 Å². The minimum absolute atomic E-state index is 0. The number of hydrogen-bond donors (Lipinski definition) is 0. The van der Waals surface area contributed by atoms with Crippen LogP contribution in [0.5, 0.6) is 0 Å². The van der Waals surface area contributed by atoms with Gasteiger partial charge in [0.2, 0.25) is 0 Å². The molecule has 0 aliphatic carbocycles. The Kier molecular flexibility index (Phi) is 23.6. The van der Waals surface area contributed by atoms with Crippen molar-refractivity contribution < 1.29 is 31.3 Å². The molecule has 0 saturated heterocycles. The molecule has 2 atom stereocenters. The summed E-state index contributed by atoms with van der Waals surface area (Å²) in [6.07, 6.45) is 24.6. The lowest BCUT2D eigenvalue weighted by Crippen LogP contribution is -3.00. The van der Waals surface area contributed by atoms with E-state index in [1.807, 2.05) is 7.11 Å². The van der Waals surface area contributed by atoms with Crippen molar-refractivity contribution >= 4 is 10.4 Å². The Balaban J connectivity index is 0. The summed E-state index contributed by atoms with van der Waals surface area (Å²) in [4.78, 5) is 11.2. The quantitative estimate of drug-likeness (QED) is 0.122. The van der Waals surface area contributed by atoms with Crippen molar-refractivity contribution in [2.75, 3.05) is 21.3 Å². The molecule has 4 nitrogen and oxygen atoms in total. The van der Waals surface area contributed by atoms with Gasteiger partial charge in [0.1, 0.15) is 6.04 Å². The highest BCUT2D eigenvalue weighted by molar-refractivity contribution is 5.96. The van der Waals surface area contributed by atoms with Crippen LogP contribution in [0.15, 0.2) is 0 Å². The standard InChI is InChI=1S/C26H58NO3Si.ClH/c1-7-8-9-10-11-12-13-14-15-16-17-18-19-20-21-22-23-26(3,28-4)24-25(2)27(31,29-5)30-6;/h25H,7-24H2,1-6,31H3;1H/q+1;/p-1. The van der Waals surface area contributed by atoms with E-state index in [0.29, 0.717) is 0 Å². The van der Waals surface area contributed by atoms with Gasteiger partial charge in [0, 0.05) is 13.5 Å². The van der Waals surface area contributed by atoms with Crippen LogP contribution in [0.3, 0.4) is 0 Å². The van der Waals surface area contributed by atoms with Gasteiger partial charge in [-0.3, -0.25) is 0 Å². The highest BCUT2D eigenvalue weighted by Crippen LogP contribution is 2.28. The summed E-state index contributed by atoms with van der Waals surface area (Å²) in [6, 6.07) is 0.271. The van der Waals surface area contributed by atoms with E-state index in [1.54, 1.807) is 14.2 Å². The first-order valence-corrected chi connectivity index (χ1v) is 14.3. The van der Waals surface area contributed by atoms with E-state index < -0.39 is 0 Å². The average Bonchev–Trinajstić information content (AvgIpc) is 2.78. The second-order valence-corrected chi connectivity index (χ2v) is 11.3. The number of nitrogens with zero attached hydrogens (tertiary/aromatic N) is 1. The van der Waals surface area contributed by atoms with Crippen molar-refractivity contribution in [2.24, 2.45) is 0 Å². The third kappa shape index (κ3) is 16.9. The molecule has 196 valence electrons. The molecule has 0 radical (unpaired) electrons. The third-order valence-corrected chi connectivity index (χ3v) is 8.92.